The highest BCUT2D eigenvalue weighted by atomic mass is 16.5. The molecule has 1 aromatic rings. The van der Waals surface area contributed by atoms with E-state index in [0.717, 1.165) is 31.9 Å². The van der Waals surface area contributed by atoms with Crippen LogP contribution in [0.1, 0.15) is 31.9 Å². The van der Waals surface area contributed by atoms with Crippen LogP contribution in [0.25, 0.3) is 0 Å². The van der Waals surface area contributed by atoms with Crippen molar-refractivity contribution in [3.05, 3.63) is 29.8 Å². The van der Waals surface area contributed by atoms with Gasteiger partial charge in [0.05, 0.1) is 6.61 Å². The van der Waals surface area contributed by atoms with E-state index in [2.05, 4.69) is 56.4 Å². The summed E-state index contributed by atoms with van der Waals surface area (Å²) in [5.41, 5.74) is 1.25. The van der Waals surface area contributed by atoms with Crippen molar-refractivity contribution in [3.8, 4) is 5.75 Å². The zero-order valence-electron chi connectivity index (χ0n) is 12.1. The number of para-hydroxylation sites is 1. The molecule has 0 amide bonds. The molecule has 102 valence electrons. The number of rotatable bonds is 8. The van der Waals surface area contributed by atoms with Crippen LogP contribution in [0.2, 0.25) is 0 Å². The number of ether oxygens (including phenoxy) is 1. The second-order valence-electron chi connectivity index (χ2n) is 4.76. The topological polar surface area (TPSA) is 24.5 Å². The summed E-state index contributed by atoms with van der Waals surface area (Å²) in [5.74, 6) is 1.01. The summed E-state index contributed by atoms with van der Waals surface area (Å²) in [6, 6.07) is 8.65. The first-order chi connectivity index (χ1) is 8.69. The fourth-order valence-electron chi connectivity index (χ4n) is 2.00. The Morgan fingerprint density at radius 3 is 2.56 bits per heavy atom. The lowest BCUT2D eigenvalue weighted by molar-refractivity contribution is 0.299. The van der Waals surface area contributed by atoms with Gasteiger partial charge in [-0.05, 0) is 33.1 Å². The monoisotopic (exact) mass is 250 g/mol. The normalized spacial score (nSPS) is 12.7. The van der Waals surface area contributed by atoms with Crippen LogP contribution in [-0.4, -0.2) is 38.7 Å². The molecule has 0 fully saturated rings. The van der Waals surface area contributed by atoms with E-state index in [1.165, 1.54) is 5.56 Å². The Balaban J connectivity index is 2.87. The predicted octanol–water partition coefficient (Wildman–Crippen LogP) is 2.69. The standard InChI is InChI=1S/C15H26N2O/c1-5-11-18-15-10-8-7-9-13(15)14(16-6-2)12-17(3)4/h7-10,14,16H,5-6,11-12H2,1-4H3. The van der Waals surface area contributed by atoms with Crippen molar-refractivity contribution in [2.24, 2.45) is 0 Å². The van der Waals surface area contributed by atoms with Gasteiger partial charge in [-0.3, -0.25) is 0 Å². The highest BCUT2D eigenvalue weighted by Gasteiger charge is 2.15. The lowest BCUT2D eigenvalue weighted by Crippen LogP contribution is -2.31. The largest absolute Gasteiger partial charge is 0.493 e. The van der Waals surface area contributed by atoms with Crippen LogP contribution in [0.5, 0.6) is 5.75 Å². The van der Waals surface area contributed by atoms with E-state index < -0.39 is 0 Å². The van der Waals surface area contributed by atoms with E-state index in [9.17, 15) is 0 Å². The molecule has 3 nitrogen and oxygen atoms in total. The third kappa shape index (κ3) is 4.67. The van der Waals surface area contributed by atoms with Crippen LogP contribution < -0.4 is 10.1 Å². The molecule has 0 spiro atoms. The number of benzene rings is 1. The molecular weight excluding hydrogens is 224 g/mol. The molecule has 18 heavy (non-hydrogen) atoms. The number of hydrogen-bond donors (Lipinski definition) is 1. The van der Waals surface area contributed by atoms with Crippen molar-refractivity contribution in [1.29, 1.82) is 0 Å². The van der Waals surface area contributed by atoms with Crippen molar-refractivity contribution in [2.75, 3.05) is 33.8 Å². The fourth-order valence-corrected chi connectivity index (χ4v) is 2.00. The Hall–Kier alpha value is -1.06. The van der Waals surface area contributed by atoms with Gasteiger partial charge in [0.1, 0.15) is 5.75 Å². The van der Waals surface area contributed by atoms with E-state index >= 15 is 0 Å². The van der Waals surface area contributed by atoms with Crippen LogP contribution >= 0.6 is 0 Å². The van der Waals surface area contributed by atoms with Gasteiger partial charge in [-0.15, -0.1) is 0 Å². The summed E-state index contributed by atoms with van der Waals surface area (Å²) < 4.78 is 5.84. The molecule has 0 bridgehead atoms. The SMILES string of the molecule is CCCOc1ccccc1C(CN(C)C)NCC. The number of nitrogens with zero attached hydrogens (tertiary/aromatic N) is 1. The molecule has 1 atom stereocenters. The smallest absolute Gasteiger partial charge is 0.124 e. The van der Waals surface area contributed by atoms with Gasteiger partial charge in [0.2, 0.25) is 0 Å². The maximum atomic E-state index is 5.84. The van der Waals surface area contributed by atoms with Gasteiger partial charge in [0, 0.05) is 18.2 Å². The highest BCUT2D eigenvalue weighted by molar-refractivity contribution is 5.36. The molecule has 1 aromatic carbocycles. The molecule has 0 saturated carbocycles. The molecule has 1 unspecified atom stereocenters. The van der Waals surface area contributed by atoms with Crippen LogP contribution in [0.15, 0.2) is 24.3 Å². The molecule has 1 rings (SSSR count). The maximum absolute atomic E-state index is 5.84. The molecule has 0 aromatic heterocycles. The quantitative estimate of drug-likeness (QED) is 0.767. The highest BCUT2D eigenvalue weighted by Crippen LogP contribution is 2.25. The minimum atomic E-state index is 0.318. The zero-order valence-corrected chi connectivity index (χ0v) is 12.1. The van der Waals surface area contributed by atoms with Gasteiger partial charge in [0.15, 0.2) is 0 Å². The molecule has 0 radical (unpaired) electrons. The van der Waals surface area contributed by atoms with Gasteiger partial charge in [-0.2, -0.15) is 0 Å². The van der Waals surface area contributed by atoms with Crippen molar-refractivity contribution >= 4 is 0 Å². The zero-order chi connectivity index (χ0) is 13.4. The summed E-state index contributed by atoms with van der Waals surface area (Å²) in [6.07, 6.45) is 1.04. The summed E-state index contributed by atoms with van der Waals surface area (Å²) in [4.78, 5) is 2.20. The first-order valence-electron chi connectivity index (χ1n) is 6.78. The van der Waals surface area contributed by atoms with Crippen molar-refractivity contribution in [2.45, 2.75) is 26.3 Å². The summed E-state index contributed by atoms with van der Waals surface area (Å²) >= 11 is 0. The van der Waals surface area contributed by atoms with E-state index in [4.69, 9.17) is 4.74 Å². The molecule has 3 heteroatoms. The fraction of sp³-hybridized carbons (Fsp3) is 0.600. The average Bonchev–Trinajstić information content (AvgIpc) is 2.36. The summed E-state index contributed by atoms with van der Waals surface area (Å²) in [6.45, 7) is 6.97. The Labute approximate surface area is 111 Å². The van der Waals surface area contributed by atoms with Crippen LogP contribution in [0.3, 0.4) is 0 Å². The Morgan fingerprint density at radius 1 is 1.22 bits per heavy atom. The summed E-state index contributed by atoms with van der Waals surface area (Å²) in [7, 11) is 4.19. The number of hydrogen-bond acceptors (Lipinski definition) is 3. The van der Waals surface area contributed by atoms with Crippen molar-refractivity contribution < 1.29 is 4.74 Å². The number of nitrogens with one attached hydrogen (secondary N) is 1. The van der Waals surface area contributed by atoms with E-state index in [-0.39, 0.29) is 0 Å². The van der Waals surface area contributed by atoms with E-state index in [1.807, 2.05) is 6.07 Å². The van der Waals surface area contributed by atoms with Gasteiger partial charge in [-0.25, -0.2) is 0 Å². The molecule has 0 aliphatic carbocycles. The maximum Gasteiger partial charge on any atom is 0.124 e. The molecule has 0 aliphatic heterocycles. The van der Waals surface area contributed by atoms with Gasteiger partial charge in [0.25, 0.3) is 0 Å². The first kappa shape index (κ1) is 15.0. The molecular formula is C15H26N2O. The minimum absolute atomic E-state index is 0.318. The second-order valence-corrected chi connectivity index (χ2v) is 4.76. The molecule has 0 saturated heterocycles. The van der Waals surface area contributed by atoms with Gasteiger partial charge >= 0.3 is 0 Å². The minimum Gasteiger partial charge on any atom is -0.493 e. The van der Waals surface area contributed by atoms with E-state index in [1.54, 1.807) is 0 Å². The van der Waals surface area contributed by atoms with Crippen LogP contribution in [0, 0.1) is 0 Å². The first-order valence-corrected chi connectivity index (χ1v) is 6.78. The molecule has 0 aliphatic rings. The average molecular weight is 250 g/mol. The Kier molecular flexibility index (Phi) is 6.76. The van der Waals surface area contributed by atoms with E-state index in [0.29, 0.717) is 6.04 Å². The predicted molar refractivity (Wildman–Crippen MR) is 77.2 cm³/mol. The van der Waals surface area contributed by atoms with Crippen molar-refractivity contribution in [1.82, 2.24) is 10.2 Å². The Bertz CT molecular complexity index is 339. The lowest BCUT2D eigenvalue weighted by Gasteiger charge is -2.24. The second kappa shape index (κ2) is 8.11. The molecule has 1 N–H and O–H groups in total. The van der Waals surface area contributed by atoms with Crippen LogP contribution in [0.4, 0.5) is 0 Å². The van der Waals surface area contributed by atoms with Gasteiger partial charge in [-0.1, -0.05) is 32.0 Å². The Morgan fingerprint density at radius 2 is 1.94 bits per heavy atom. The number of likely N-dealkylation sites (N-methyl/N-ethyl adjacent to an activating group) is 2. The third-order valence-corrected chi connectivity index (χ3v) is 2.75. The van der Waals surface area contributed by atoms with Crippen molar-refractivity contribution in [3.63, 3.8) is 0 Å². The summed E-state index contributed by atoms with van der Waals surface area (Å²) in [5, 5.41) is 3.53. The van der Waals surface area contributed by atoms with Crippen LogP contribution in [-0.2, 0) is 0 Å². The third-order valence-electron chi connectivity index (χ3n) is 2.75. The lowest BCUT2D eigenvalue weighted by atomic mass is 10.1. The molecule has 0 heterocycles. The van der Waals surface area contributed by atoms with Gasteiger partial charge < -0.3 is 15.0 Å².